The highest BCUT2D eigenvalue weighted by molar-refractivity contribution is 7.38. The molecular formula is C21H21NO3P+. The molecule has 3 aromatic carbocycles. The molecule has 0 heterocycles. The summed E-state index contributed by atoms with van der Waals surface area (Å²) in [6, 6.07) is 27.4. The zero-order chi connectivity index (χ0) is 18.4. The van der Waals surface area contributed by atoms with Crippen molar-refractivity contribution in [2.45, 2.75) is 17.9 Å². The van der Waals surface area contributed by atoms with E-state index in [0.717, 1.165) is 11.1 Å². The van der Waals surface area contributed by atoms with Crippen LogP contribution in [-0.2, 0) is 4.57 Å². The van der Waals surface area contributed by atoms with Crippen LogP contribution in [0.5, 0.6) is 0 Å². The van der Waals surface area contributed by atoms with E-state index in [-0.39, 0.29) is 0 Å². The number of nitrogens with one attached hydrogen (secondary N) is 1. The Morgan fingerprint density at radius 1 is 0.692 bits per heavy atom. The maximum absolute atomic E-state index is 12.0. The molecule has 0 aliphatic carbocycles. The van der Waals surface area contributed by atoms with Crippen molar-refractivity contribution in [2.75, 3.05) is 0 Å². The highest BCUT2D eigenvalue weighted by Crippen LogP contribution is 2.40. The second-order valence-corrected chi connectivity index (χ2v) is 7.15. The SMILES string of the molecule is O=[P+](O)C(N[C@H](c1ccccc1)[C@@H](O)c1ccccc1)c1ccccc1. The molecule has 0 fully saturated rings. The number of benzene rings is 3. The third-order valence-electron chi connectivity index (χ3n) is 4.29. The molecule has 0 aliphatic heterocycles. The predicted molar refractivity (Wildman–Crippen MR) is 103 cm³/mol. The minimum Gasteiger partial charge on any atom is -0.386 e. The molecule has 3 aromatic rings. The number of aliphatic hydroxyl groups excluding tert-OH is 1. The molecule has 3 rings (SSSR count). The van der Waals surface area contributed by atoms with E-state index in [1.54, 1.807) is 12.1 Å². The molecule has 0 aromatic heterocycles. The van der Waals surface area contributed by atoms with Crippen molar-refractivity contribution >= 4 is 8.03 Å². The number of hydrogen-bond acceptors (Lipinski definition) is 3. The topological polar surface area (TPSA) is 69.6 Å². The molecule has 0 amide bonds. The number of aliphatic hydroxyl groups is 1. The molecule has 0 saturated carbocycles. The first-order valence-electron chi connectivity index (χ1n) is 8.41. The Morgan fingerprint density at radius 3 is 1.58 bits per heavy atom. The third-order valence-corrected chi connectivity index (χ3v) is 5.18. The minimum atomic E-state index is -2.53. The highest BCUT2D eigenvalue weighted by atomic mass is 31.1. The van der Waals surface area contributed by atoms with Gasteiger partial charge in [-0.15, -0.1) is 0 Å². The first-order valence-corrected chi connectivity index (χ1v) is 9.69. The van der Waals surface area contributed by atoms with Gasteiger partial charge < -0.3 is 5.11 Å². The maximum Gasteiger partial charge on any atom is 0.529 e. The molecule has 5 heteroatoms. The fraction of sp³-hybridized carbons (Fsp3) is 0.143. The van der Waals surface area contributed by atoms with Crippen LogP contribution in [0.1, 0.15) is 34.6 Å². The predicted octanol–water partition coefficient (Wildman–Crippen LogP) is 4.48. The van der Waals surface area contributed by atoms with E-state index >= 15 is 0 Å². The first kappa shape index (κ1) is 18.4. The van der Waals surface area contributed by atoms with Gasteiger partial charge in [-0.25, -0.2) is 0 Å². The van der Waals surface area contributed by atoms with E-state index in [9.17, 15) is 14.6 Å². The van der Waals surface area contributed by atoms with Crippen LogP contribution in [-0.4, -0.2) is 10.00 Å². The lowest BCUT2D eigenvalue weighted by molar-refractivity contribution is 0.126. The molecule has 0 spiro atoms. The van der Waals surface area contributed by atoms with Gasteiger partial charge in [-0.1, -0.05) is 91.0 Å². The molecule has 132 valence electrons. The second-order valence-electron chi connectivity index (χ2n) is 6.03. The molecular weight excluding hydrogens is 345 g/mol. The molecule has 3 N–H and O–H groups in total. The van der Waals surface area contributed by atoms with Gasteiger partial charge in [0.15, 0.2) is 0 Å². The molecule has 0 saturated heterocycles. The lowest BCUT2D eigenvalue weighted by Crippen LogP contribution is -2.29. The fourth-order valence-electron chi connectivity index (χ4n) is 2.97. The summed E-state index contributed by atoms with van der Waals surface area (Å²) in [6.45, 7) is 0. The monoisotopic (exact) mass is 366 g/mol. The summed E-state index contributed by atoms with van der Waals surface area (Å²) in [4.78, 5) is 9.88. The van der Waals surface area contributed by atoms with Gasteiger partial charge in [-0.2, -0.15) is 4.89 Å². The van der Waals surface area contributed by atoms with Crippen molar-refractivity contribution < 1.29 is 14.6 Å². The lowest BCUT2D eigenvalue weighted by atomic mass is 9.95. The summed E-state index contributed by atoms with van der Waals surface area (Å²) < 4.78 is 12.0. The van der Waals surface area contributed by atoms with Crippen molar-refractivity contribution in [1.29, 1.82) is 0 Å². The van der Waals surface area contributed by atoms with Crippen molar-refractivity contribution in [2.24, 2.45) is 0 Å². The van der Waals surface area contributed by atoms with Gasteiger partial charge >= 0.3 is 8.03 Å². The first-order chi connectivity index (χ1) is 12.7. The number of rotatable bonds is 7. The largest absolute Gasteiger partial charge is 0.529 e. The van der Waals surface area contributed by atoms with E-state index in [1.165, 1.54) is 0 Å². The van der Waals surface area contributed by atoms with Gasteiger partial charge in [0, 0.05) is 5.56 Å². The normalized spacial score (nSPS) is 15.1. The molecule has 0 aliphatic rings. The van der Waals surface area contributed by atoms with Crippen molar-refractivity contribution in [1.82, 2.24) is 5.32 Å². The van der Waals surface area contributed by atoms with Gasteiger partial charge in [0.1, 0.15) is 0 Å². The smallest absolute Gasteiger partial charge is 0.386 e. The van der Waals surface area contributed by atoms with E-state index in [1.807, 2.05) is 78.9 Å². The van der Waals surface area contributed by atoms with Crippen LogP contribution < -0.4 is 5.32 Å². The average Bonchev–Trinajstić information content (AvgIpc) is 2.70. The third kappa shape index (κ3) is 4.43. The Hall–Kier alpha value is -2.36. The van der Waals surface area contributed by atoms with Crippen LogP contribution in [0, 0.1) is 0 Å². The standard InChI is InChI=1S/C21H20NO3P/c23-20(17-12-6-2-7-13-17)19(16-10-4-1-5-11-16)22-21(26(24)25)18-14-8-3-9-15-18/h1-15,19-23H/p+1/t19-,20+,21?/m1/s1. The van der Waals surface area contributed by atoms with Crippen LogP contribution in [0.4, 0.5) is 0 Å². The average molecular weight is 366 g/mol. The summed E-state index contributed by atoms with van der Waals surface area (Å²) in [5.74, 6) is -0.783. The molecule has 2 unspecified atom stereocenters. The van der Waals surface area contributed by atoms with Crippen LogP contribution in [0.15, 0.2) is 91.0 Å². The van der Waals surface area contributed by atoms with Crippen molar-refractivity contribution in [3.63, 3.8) is 0 Å². The minimum absolute atomic E-state index is 0.532. The van der Waals surface area contributed by atoms with Crippen LogP contribution >= 0.6 is 8.03 Å². The lowest BCUT2D eigenvalue weighted by Gasteiger charge is -2.26. The van der Waals surface area contributed by atoms with Crippen molar-refractivity contribution in [3.8, 4) is 0 Å². The fourth-order valence-corrected chi connectivity index (χ4v) is 3.68. The van der Waals surface area contributed by atoms with Crippen LogP contribution in [0.2, 0.25) is 0 Å². The summed E-state index contributed by atoms with van der Waals surface area (Å²) in [5, 5.41) is 14.2. The van der Waals surface area contributed by atoms with Gasteiger partial charge in [-0.05, 0) is 15.7 Å². The zero-order valence-corrected chi connectivity index (χ0v) is 15.0. The Labute approximate surface area is 154 Å². The maximum atomic E-state index is 12.0. The number of hydrogen-bond donors (Lipinski definition) is 3. The second kappa shape index (κ2) is 8.84. The Kier molecular flexibility index (Phi) is 6.26. The van der Waals surface area contributed by atoms with Gasteiger partial charge in [-0.3, -0.25) is 5.32 Å². The summed E-state index contributed by atoms with van der Waals surface area (Å²) in [5.41, 5.74) is 2.30. The van der Waals surface area contributed by atoms with Crippen LogP contribution in [0.25, 0.3) is 0 Å². The molecule has 0 bridgehead atoms. The van der Waals surface area contributed by atoms with E-state index in [0.29, 0.717) is 5.56 Å². The quantitative estimate of drug-likeness (QED) is 0.539. The molecule has 0 radical (unpaired) electrons. The highest BCUT2D eigenvalue weighted by Gasteiger charge is 2.36. The van der Waals surface area contributed by atoms with E-state index in [4.69, 9.17) is 0 Å². The molecule has 4 nitrogen and oxygen atoms in total. The summed E-state index contributed by atoms with van der Waals surface area (Å²) >= 11 is 0. The molecule has 4 atom stereocenters. The summed E-state index contributed by atoms with van der Waals surface area (Å²) in [7, 11) is -2.53. The Balaban J connectivity index is 1.96. The van der Waals surface area contributed by atoms with Crippen LogP contribution in [0.3, 0.4) is 0 Å². The van der Waals surface area contributed by atoms with Crippen molar-refractivity contribution in [3.05, 3.63) is 108 Å². The van der Waals surface area contributed by atoms with E-state index < -0.39 is 26.0 Å². The van der Waals surface area contributed by atoms with E-state index in [2.05, 4.69) is 5.32 Å². The van der Waals surface area contributed by atoms with Gasteiger partial charge in [0.2, 0.25) is 0 Å². The Morgan fingerprint density at radius 2 is 1.12 bits per heavy atom. The van der Waals surface area contributed by atoms with Gasteiger partial charge in [0.25, 0.3) is 5.78 Å². The van der Waals surface area contributed by atoms with Gasteiger partial charge in [0.05, 0.1) is 12.1 Å². The Bertz CT molecular complexity index is 828. The summed E-state index contributed by atoms with van der Waals surface area (Å²) in [6.07, 6.45) is -0.861. The zero-order valence-electron chi connectivity index (χ0n) is 14.1. The molecule has 26 heavy (non-hydrogen) atoms.